The van der Waals surface area contributed by atoms with Crippen LogP contribution in [-0.4, -0.2) is 15.8 Å². The topological polar surface area (TPSA) is 25.8 Å². The second-order valence-electron chi connectivity index (χ2n) is 2.80. The molecule has 0 fully saturated rings. The lowest BCUT2D eigenvalue weighted by Crippen LogP contribution is -1.85. The number of nitrogens with zero attached hydrogens (tertiary/aromatic N) is 2. The number of rotatable bonds is 4. The lowest BCUT2D eigenvalue weighted by molar-refractivity contribution is 0.900. The second-order valence-corrected chi connectivity index (χ2v) is 4.92. The summed E-state index contributed by atoms with van der Waals surface area (Å²) in [5, 5.41) is 3.17. The van der Waals surface area contributed by atoms with Crippen molar-refractivity contribution in [2.75, 3.05) is 5.88 Å². The van der Waals surface area contributed by atoms with E-state index in [1.165, 1.54) is 0 Å². The molecule has 0 unspecified atom stereocenters. The van der Waals surface area contributed by atoms with E-state index >= 15 is 0 Å². The van der Waals surface area contributed by atoms with Crippen LogP contribution in [0.1, 0.15) is 12.1 Å². The summed E-state index contributed by atoms with van der Waals surface area (Å²) < 4.78 is 0. The van der Waals surface area contributed by atoms with E-state index in [-0.39, 0.29) is 0 Å². The van der Waals surface area contributed by atoms with Gasteiger partial charge in [-0.25, -0.2) is 4.98 Å². The number of aryl methyl sites for hydroxylation is 1. The Morgan fingerprint density at radius 1 is 1.36 bits per heavy atom. The van der Waals surface area contributed by atoms with Gasteiger partial charge in [0.1, 0.15) is 5.01 Å². The molecule has 0 radical (unpaired) electrons. The lowest BCUT2D eigenvalue weighted by atomic mass is 10.3. The van der Waals surface area contributed by atoms with Crippen LogP contribution < -0.4 is 0 Å². The monoisotopic (exact) mass is 244 g/mol. The molecule has 5 heteroatoms. The molecule has 2 heterocycles. The Kier molecular flexibility index (Phi) is 3.50. The smallest absolute Gasteiger partial charge is 0.135 e. The van der Waals surface area contributed by atoms with Crippen molar-refractivity contribution < 1.29 is 0 Å². The van der Waals surface area contributed by atoms with Crippen molar-refractivity contribution >= 4 is 34.3 Å². The number of aromatic nitrogens is 2. The predicted octanol–water partition coefficient (Wildman–Crippen LogP) is 3.44. The summed E-state index contributed by atoms with van der Waals surface area (Å²) in [4.78, 5) is 9.70. The summed E-state index contributed by atoms with van der Waals surface area (Å²) in [5.74, 6) is 0.702. The zero-order chi connectivity index (χ0) is 9.80. The number of hydrogen-bond donors (Lipinski definition) is 0. The fourth-order valence-electron chi connectivity index (χ4n) is 1.10. The first-order chi connectivity index (χ1) is 6.90. The van der Waals surface area contributed by atoms with Crippen LogP contribution in [-0.2, 0) is 6.42 Å². The van der Waals surface area contributed by atoms with Gasteiger partial charge in [-0.2, -0.15) is 0 Å². The van der Waals surface area contributed by atoms with Gasteiger partial charge in [-0.1, -0.05) is 0 Å². The van der Waals surface area contributed by atoms with Gasteiger partial charge in [0.15, 0.2) is 0 Å². The fourth-order valence-corrected chi connectivity index (χ4v) is 2.79. The maximum absolute atomic E-state index is 5.63. The molecule has 74 valence electrons. The van der Waals surface area contributed by atoms with Gasteiger partial charge in [0.2, 0.25) is 0 Å². The highest BCUT2D eigenvalue weighted by Crippen LogP contribution is 2.26. The molecule has 2 aromatic rings. The van der Waals surface area contributed by atoms with Crippen LogP contribution in [0.2, 0.25) is 0 Å². The van der Waals surface area contributed by atoms with Crippen molar-refractivity contribution in [1.29, 1.82) is 0 Å². The molecule has 0 spiro atoms. The van der Waals surface area contributed by atoms with Crippen LogP contribution in [0, 0.1) is 0 Å². The largest absolute Gasteiger partial charge is 0.252 e. The zero-order valence-electron chi connectivity index (χ0n) is 7.44. The Morgan fingerprint density at radius 3 is 3.00 bits per heavy atom. The Hall–Kier alpha value is -0.450. The van der Waals surface area contributed by atoms with Crippen molar-refractivity contribution in [2.24, 2.45) is 0 Å². The highest BCUT2D eigenvalue weighted by molar-refractivity contribution is 7.19. The molecule has 0 aliphatic heterocycles. The van der Waals surface area contributed by atoms with Gasteiger partial charge in [0.25, 0.3) is 0 Å². The first-order valence-corrected chi connectivity index (χ1v) is 6.59. The maximum Gasteiger partial charge on any atom is 0.135 e. The van der Waals surface area contributed by atoms with Crippen molar-refractivity contribution in [3.63, 3.8) is 0 Å². The molecule has 0 aliphatic carbocycles. The third-order valence-electron chi connectivity index (χ3n) is 1.76. The van der Waals surface area contributed by atoms with Gasteiger partial charge in [-0.3, -0.25) is 4.98 Å². The summed E-state index contributed by atoms with van der Waals surface area (Å²) in [5.41, 5.74) is 2.97. The van der Waals surface area contributed by atoms with Gasteiger partial charge >= 0.3 is 0 Å². The van der Waals surface area contributed by atoms with Crippen LogP contribution in [0.4, 0.5) is 0 Å². The SMILES string of the molecule is ClCCCc1csc(-c2cncs2)n1. The minimum Gasteiger partial charge on any atom is -0.252 e. The number of halogens is 1. The van der Waals surface area contributed by atoms with Gasteiger partial charge < -0.3 is 0 Å². The molecule has 0 bridgehead atoms. The van der Waals surface area contributed by atoms with E-state index in [2.05, 4.69) is 15.3 Å². The van der Waals surface area contributed by atoms with E-state index in [4.69, 9.17) is 11.6 Å². The van der Waals surface area contributed by atoms with E-state index in [0.29, 0.717) is 5.88 Å². The summed E-state index contributed by atoms with van der Waals surface area (Å²) in [6.45, 7) is 0. The van der Waals surface area contributed by atoms with E-state index < -0.39 is 0 Å². The van der Waals surface area contributed by atoms with Gasteiger partial charge in [-0.05, 0) is 12.8 Å². The van der Waals surface area contributed by atoms with Crippen molar-refractivity contribution in [2.45, 2.75) is 12.8 Å². The highest BCUT2D eigenvalue weighted by atomic mass is 35.5. The van der Waals surface area contributed by atoms with Crippen LogP contribution in [0.15, 0.2) is 17.1 Å². The maximum atomic E-state index is 5.63. The Balaban J connectivity index is 2.10. The quantitative estimate of drug-likeness (QED) is 0.770. The van der Waals surface area contributed by atoms with Crippen LogP contribution in [0.5, 0.6) is 0 Å². The van der Waals surface area contributed by atoms with Crippen LogP contribution in [0.3, 0.4) is 0 Å². The molecule has 0 N–H and O–H groups in total. The van der Waals surface area contributed by atoms with E-state index in [9.17, 15) is 0 Å². The molecule has 14 heavy (non-hydrogen) atoms. The molecule has 0 aromatic carbocycles. The summed E-state index contributed by atoms with van der Waals surface area (Å²) in [6.07, 6.45) is 3.82. The fraction of sp³-hybridized carbons (Fsp3) is 0.333. The predicted molar refractivity (Wildman–Crippen MR) is 62.3 cm³/mol. The third kappa shape index (κ3) is 2.32. The zero-order valence-corrected chi connectivity index (χ0v) is 9.83. The van der Waals surface area contributed by atoms with E-state index in [0.717, 1.165) is 28.4 Å². The molecular weight excluding hydrogens is 236 g/mol. The Bertz CT molecular complexity index is 383. The molecule has 0 saturated carbocycles. The Morgan fingerprint density at radius 2 is 2.29 bits per heavy atom. The molecule has 0 atom stereocenters. The Labute approximate surface area is 95.6 Å². The summed E-state index contributed by atoms with van der Waals surface area (Å²) in [6, 6.07) is 0. The molecular formula is C9H9ClN2S2. The van der Waals surface area contributed by atoms with Crippen molar-refractivity contribution in [3.05, 3.63) is 22.8 Å². The average Bonchev–Trinajstić information content (AvgIpc) is 2.85. The van der Waals surface area contributed by atoms with Crippen molar-refractivity contribution in [1.82, 2.24) is 9.97 Å². The average molecular weight is 245 g/mol. The number of thiazole rings is 2. The standard InChI is InChI=1S/C9H9ClN2S2/c10-3-1-2-7-5-13-9(12-7)8-4-11-6-14-8/h4-6H,1-3H2. The molecule has 0 saturated heterocycles. The van der Waals surface area contributed by atoms with Gasteiger partial charge in [-0.15, -0.1) is 34.3 Å². The van der Waals surface area contributed by atoms with E-state index in [1.807, 2.05) is 11.7 Å². The lowest BCUT2D eigenvalue weighted by Gasteiger charge is -1.90. The summed E-state index contributed by atoms with van der Waals surface area (Å²) >= 11 is 8.92. The minimum absolute atomic E-state index is 0.702. The molecule has 0 amide bonds. The summed E-state index contributed by atoms with van der Waals surface area (Å²) in [7, 11) is 0. The molecule has 2 aromatic heterocycles. The minimum atomic E-state index is 0.702. The third-order valence-corrected chi connectivity index (χ3v) is 3.86. The number of alkyl halides is 1. The van der Waals surface area contributed by atoms with Crippen LogP contribution >= 0.6 is 34.3 Å². The normalized spacial score (nSPS) is 10.6. The van der Waals surface area contributed by atoms with Gasteiger partial charge in [0, 0.05) is 17.5 Å². The van der Waals surface area contributed by atoms with Crippen molar-refractivity contribution in [3.8, 4) is 9.88 Å². The first kappa shape index (κ1) is 10.1. The number of hydrogen-bond acceptors (Lipinski definition) is 4. The molecule has 2 nitrogen and oxygen atoms in total. The molecule has 0 aliphatic rings. The molecule has 2 rings (SSSR count). The van der Waals surface area contributed by atoms with E-state index in [1.54, 1.807) is 22.7 Å². The second kappa shape index (κ2) is 4.87. The van der Waals surface area contributed by atoms with Crippen LogP contribution in [0.25, 0.3) is 9.88 Å². The van der Waals surface area contributed by atoms with Gasteiger partial charge in [0.05, 0.1) is 16.1 Å². The first-order valence-electron chi connectivity index (χ1n) is 4.29. The highest BCUT2D eigenvalue weighted by Gasteiger charge is 2.05.